The molecule has 1 aliphatic rings. The second-order valence-electron chi connectivity index (χ2n) is 5.53. The van der Waals surface area contributed by atoms with E-state index in [0.29, 0.717) is 15.6 Å². The van der Waals surface area contributed by atoms with Gasteiger partial charge >= 0.3 is 5.97 Å². The summed E-state index contributed by atoms with van der Waals surface area (Å²) < 4.78 is 37.7. The Bertz CT molecular complexity index is 908. The maximum Gasteiger partial charge on any atom is 0.349 e. The van der Waals surface area contributed by atoms with E-state index in [4.69, 9.17) is 27.9 Å². The molecule has 1 fully saturated rings. The molecule has 0 aliphatic carbocycles. The molecule has 0 spiro atoms. The van der Waals surface area contributed by atoms with Gasteiger partial charge in [0.1, 0.15) is 9.77 Å². The summed E-state index contributed by atoms with van der Waals surface area (Å²) in [5.74, 6) is -0.676. The van der Waals surface area contributed by atoms with Gasteiger partial charge in [0.2, 0.25) is 10.0 Å². The predicted molar refractivity (Wildman–Crippen MR) is 99.6 cm³/mol. The van der Waals surface area contributed by atoms with Crippen molar-refractivity contribution >= 4 is 50.5 Å². The van der Waals surface area contributed by atoms with Crippen molar-refractivity contribution in [1.29, 1.82) is 0 Å². The third kappa shape index (κ3) is 3.90. The summed E-state index contributed by atoms with van der Waals surface area (Å²) in [7, 11) is -2.65. The monoisotopic (exact) mass is 435 g/mol. The molecule has 140 valence electrons. The first-order valence-electron chi connectivity index (χ1n) is 7.56. The van der Waals surface area contributed by atoms with E-state index in [1.54, 1.807) is 23.6 Å². The zero-order chi connectivity index (χ0) is 18.9. The van der Waals surface area contributed by atoms with Gasteiger partial charge in [0, 0.05) is 23.1 Å². The summed E-state index contributed by atoms with van der Waals surface area (Å²) >= 11 is 13.1. The lowest BCUT2D eigenvalue weighted by molar-refractivity contribution is -0.00255. The molecule has 6 nitrogen and oxygen atoms in total. The number of carbonyl (C=O) groups excluding carboxylic acids is 1. The summed E-state index contributed by atoms with van der Waals surface area (Å²) in [5.41, 5.74) is 0.695. The predicted octanol–water partition coefficient (Wildman–Crippen LogP) is 3.60. The topological polar surface area (TPSA) is 72.9 Å². The number of rotatable bonds is 4. The van der Waals surface area contributed by atoms with Crippen LogP contribution in [0.25, 0.3) is 0 Å². The number of methoxy groups -OCH3 is 1. The minimum atomic E-state index is -3.87. The number of nitrogens with zero attached hydrogens (tertiary/aromatic N) is 1. The summed E-state index contributed by atoms with van der Waals surface area (Å²) in [5, 5.41) is 2.44. The van der Waals surface area contributed by atoms with E-state index < -0.39 is 22.1 Å². The first-order chi connectivity index (χ1) is 12.3. The highest BCUT2D eigenvalue weighted by Crippen LogP contribution is 2.32. The van der Waals surface area contributed by atoms with Crippen LogP contribution in [0.2, 0.25) is 10.0 Å². The SMILES string of the molecule is COC(=O)c1sccc1S(=O)(=O)N1CCOC(c2cc(Cl)cc(Cl)c2)C1. The molecule has 1 aromatic heterocycles. The fourth-order valence-corrected chi connectivity index (χ4v) is 5.96. The summed E-state index contributed by atoms with van der Waals surface area (Å²) in [4.78, 5) is 11.8. The number of hydrogen-bond acceptors (Lipinski definition) is 6. The number of esters is 1. The Hall–Kier alpha value is -1.16. The summed E-state index contributed by atoms with van der Waals surface area (Å²) in [6, 6.07) is 6.39. The Labute approximate surface area is 165 Å². The van der Waals surface area contributed by atoms with Gasteiger partial charge in [-0.05, 0) is 35.2 Å². The van der Waals surface area contributed by atoms with Gasteiger partial charge in [-0.25, -0.2) is 13.2 Å². The van der Waals surface area contributed by atoms with Crippen LogP contribution in [-0.2, 0) is 19.5 Å². The number of thiophene rings is 1. The first-order valence-corrected chi connectivity index (χ1v) is 10.6. The molecule has 26 heavy (non-hydrogen) atoms. The van der Waals surface area contributed by atoms with Crippen LogP contribution in [0.15, 0.2) is 34.5 Å². The van der Waals surface area contributed by atoms with E-state index in [9.17, 15) is 13.2 Å². The Kier molecular flexibility index (Phi) is 5.91. The van der Waals surface area contributed by atoms with Crippen molar-refractivity contribution in [1.82, 2.24) is 4.31 Å². The van der Waals surface area contributed by atoms with E-state index >= 15 is 0 Å². The molecular weight excluding hydrogens is 421 g/mol. The number of ether oxygens (including phenoxy) is 2. The molecule has 10 heteroatoms. The second kappa shape index (κ2) is 7.84. The molecule has 2 aromatic rings. The van der Waals surface area contributed by atoms with E-state index in [0.717, 1.165) is 11.3 Å². The van der Waals surface area contributed by atoms with Crippen molar-refractivity contribution in [2.75, 3.05) is 26.8 Å². The smallest absolute Gasteiger partial charge is 0.349 e. The lowest BCUT2D eigenvalue weighted by Gasteiger charge is -2.32. The zero-order valence-electron chi connectivity index (χ0n) is 13.6. The Morgan fingerprint density at radius 3 is 2.65 bits per heavy atom. The van der Waals surface area contributed by atoms with Gasteiger partial charge < -0.3 is 9.47 Å². The van der Waals surface area contributed by atoms with Crippen LogP contribution < -0.4 is 0 Å². The number of sulfonamides is 1. The lowest BCUT2D eigenvalue weighted by atomic mass is 10.1. The van der Waals surface area contributed by atoms with Crippen LogP contribution in [0.1, 0.15) is 21.3 Å². The van der Waals surface area contributed by atoms with Crippen molar-refractivity contribution in [2.24, 2.45) is 0 Å². The molecule has 1 aliphatic heterocycles. The van der Waals surface area contributed by atoms with Gasteiger partial charge in [0.25, 0.3) is 0 Å². The molecule has 0 saturated carbocycles. The van der Waals surface area contributed by atoms with Crippen molar-refractivity contribution in [2.45, 2.75) is 11.0 Å². The van der Waals surface area contributed by atoms with Gasteiger partial charge in [-0.2, -0.15) is 4.31 Å². The fraction of sp³-hybridized carbons (Fsp3) is 0.312. The number of carbonyl (C=O) groups is 1. The average molecular weight is 436 g/mol. The molecule has 0 amide bonds. The van der Waals surface area contributed by atoms with E-state index in [1.165, 1.54) is 17.5 Å². The van der Waals surface area contributed by atoms with E-state index in [-0.39, 0.29) is 29.5 Å². The molecule has 0 bridgehead atoms. The fourth-order valence-electron chi connectivity index (χ4n) is 2.69. The van der Waals surface area contributed by atoms with Crippen LogP contribution in [0.5, 0.6) is 0 Å². The van der Waals surface area contributed by atoms with Crippen molar-refractivity contribution < 1.29 is 22.7 Å². The lowest BCUT2D eigenvalue weighted by Crippen LogP contribution is -2.42. The number of halogens is 2. The minimum absolute atomic E-state index is 0.0564. The molecule has 1 saturated heterocycles. The molecule has 1 unspecified atom stereocenters. The molecule has 1 aromatic carbocycles. The molecule has 3 rings (SSSR count). The summed E-state index contributed by atoms with van der Waals surface area (Å²) in [6.45, 7) is 0.491. The molecule has 1 atom stereocenters. The maximum absolute atomic E-state index is 13.0. The number of morpholine rings is 1. The van der Waals surface area contributed by atoms with Gasteiger partial charge in [-0.3, -0.25) is 0 Å². The minimum Gasteiger partial charge on any atom is -0.465 e. The van der Waals surface area contributed by atoms with Crippen molar-refractivity contribution in [3.63, 3.8) is 0 Å². The van der Waals surface area contributed by atoms with Crippen molar-refractivity contribution in [3.05, 3.63) is 50.1 Å². The van der Waals surface area contributed by atoms with Crippen molar-refractivity contribution in [3.8, 4) is 0 Å². The Morgan fingerprint density at radius 1 is 1.31 bits per heavy atom. The second-order valence-corrected chi connectivity index (χ2v) is 9.23. The third-order valence-electron chi connectivity index (χ3n) is 3.90. The van der Waals surface area contributed by atoms with E-state index in [1.807, 2.05) is 0 Å². The van der Waals surface area contributed by atoms with Gasteiger partial charge in [0.15, 0.2) is 0 Å². The number of benzene rings is 1. The first kappa shape index (κ1) is 19.6. The third-order valence-corrected chi connectivity index (χ3v) is 7.27. The van der Waals surface area contributed by atoms with Gasteiger partial charge in [-0.1, -0.05) is 23.2 Å². The Morgan fingerprint density at radius 2 is 2.00 bits per heavy atom. The summed E-state index contributed by atoms with van der Waals surface area (Å²) in [6.07, 6.45) is -0.505. The molecule has 0 radical (unpaired) electrons. The Balaban J connectivity index is 1.89. The molecule has 0 N–H and O–H groups in total. The highest BCUT2D eigenvalue weighted by molar-refractivity contribution is 7.89. The molecular formula is C16H15Cl2NO5S2. The standard InChI is InChI=1S/C16H15Cl2NO5S2/c1-23-16(20)15-14(2-5-25-15)26(21,22)19-3-4-24-13(9-19)10-6-11(17)8-12(18)7-10/h2,5-8,13H,3-4,9H2,1H3. The molecule has 2 heterocycles. The van der Waals surface area contributed by atoms with Crippen LogP contribution in [0.3, 0.4) is 0 Å². The zero-order valence-corrected chi connectivity index (χ0v) is 16.8. The quantitative estimate of drug-likeness (QED) is 0.685. The van der Waals surface area contributed by atoms with E-state index in [2.05, 4.69) is 4.74 Å². The van der Waals surface area contributed by atoms with Gasteiger partial charge in [0.05, 0.1) is 19.8 Å². The number of hydrogen-bond donors (Lipinski definition) is 0. The largest absolute Gasteiger partial charge is 0.465 e. The maximum atomic E-state index is 13.0. The average Bonchev–Trinajstić information content (AvgIpc) is 3.11. The highest BCUT2D eigenvalue weighted by atomic mass is 35.5. The normalized spacial score (nSPS) is 18.7. The van der Waals surface area contributed by atoms with Gasteiger partial charge in [-0.15, -0.1) is 11.3 Å². The van der Waals surface area contributed by atoms with Crippen LogP contribution in [0.4, 0.5) is 0 Å². The van der Waals surface area contributed by atoms with Crippen LogP contribution in [-0.4, -0.2) is 45.5 Å². The highest BCUT2D eigenvalue weighted by Gasteiger charge is 2.35. The van der Waals surface area contributed by atoms with Crippen LogP contribution in [0, 0.1) is 0 Å². The van der Waals surface area contributed by atoms with Crippen LogP contribution >= 0.6 is 34.5 Å².